The summed E-state index contributed by atoms with van der Waals surface area (Å²) in [6.07, 6.45) is 1.14. The molecule has 2 aromatic rings. The molecule has 18 heavy (non-hydrogen) atoms. The van der Waals surface area contributed by atoms with E-state index >= 15 is 0 Å². The zero-order valence-corrected chi connectivity index (χ0v) is 10.5. The second kappa shape index (κ2) is 4.42. The minimum atomic E-state index is -3.21. The minimum Gasteiger partial charge on any atom is -0.396 e. The molecule has 0 bridgehead atoms. The Bertz CT molecular complexity index is 679. The average molecular weight is 265 g/mol. The maximum Gasteiger partial charge on any atom is 0.175 e. The number of sulfone groups is 1. The van der Waals surface area contributed by atoms with Gasteiger partial charge in [0.1, 0.15) is 5.82 Å². The molecule has 0 spiro atoms. The second-order valence-corrected chi connectivity index (χ2v) is 6.05. The van der Waals surface area contributed by atoms with Crippen molar-refractivity contribution >= 4 is 15.5 Å². The molecule has 3 nitrogen and oxygen atoms in total. The van der Waals surface area contributed by atoms with Crippen LogP contribution in [0.2, 0.25) is 0 Å². The quantitative estimate of drug-likeness (QED) is 0.849. The van der Waals surface area contributed by atoms with Crippen molar-refractivity contribution in [2.75, 3.05) is 12.0 Å². The van der Waals surface area contributed by atoms with E-state index in [1.54, 1.807) is 18.2 Å². The first-order valence-electron chi connectivity index (χ1n) is 5.23. The van der Waals surface area contributed by atoms with E-state index in [2.05, 4.69) is 0 Å². The number of nitrogens with two attached hydrogens (primary N) is 1. The molecular formula is C13H12FNO2S. The molecule has 2 N–H and O–H groups in total. The van der Waals surface area contributed by atoms with E-state index in [4.69, 9.17) is 5.73 Å². The molecule has 0 aliphatic rings. The van der Waals surface area contributed by atoms with Gasteiger partial charge in [-0.3, -0.25) is 0 Å². The minimum absolute atomic E-state index is 0.0894. The number of hydrogen-bond acceptors (Lipinski definition) is 3. The van der Waals surface area contributed by atoms with Crippen LogP contribution in [0, 0.1) is 5.82 Å². The van der Waals surface area contributed by atoms with Gasteiger partial charge in [-0.2, -0.15) is 0 Å². The van der Waals surface area contributed by atoms with Gasteiger partial charge in [0.05, 0.1) is 10.6 Å². The van der Waals surface area contributed by atoms with Crippen molar-refractivity contribution in [1.29, 1.82) is 0 Å². The van der Waals surface area contributed by atoms with E-state index in [1.165, 1.54) is 24.3 Å². The summed E-state index contributed by atoms with van der Waals surface area (Å²) in [6.45, 7) is 0. The summed E-state index contributed by atoms with van der Waals surface area (Å²) >= 11 is 0. The summed E-state index contributed by atoms with van der Waals surface area (Å²) in [7, 11) is -3.21. The normalized spacial score (nSPS) is 11.4. The van der Waals surface area contributed by atoms with E-state index in [0.717, 1.165) is 11.8 Å². The third kappa shape index (κ3) is 2.51. The fourth-order valence-corrected chi connectivity index (χ4v) is 2.23. The van der Waals surface area contributed by atoms with E-state index in [0.29, 0.717) is 5.56 Å². The van der Waals surface area contributed by atoms with Gasteiger partial charge < -0.3 is 5.73 Å². The van der Waals surface area contributed by atoms with Gasteiger partial charge in [0.15, 0.2) is 9.84 Å². The molecule has 0 aliphatic heterocycles. The fourth-order valence-electron chi connectivity index (χ4n) is 1.60. The van der Waals surface area contributed by atoms with Crippen LogP contribution in [0.4, 0.5) is 10.1 Å². The summed E-state index contributed by atoms with van der Waals surface area (Å²) < 4.78 is 35.9. The first-order valence-corrected chi connectivity index (χ1v) is 7.12. The average Bonchev–Trinajstić information content (AvgIpc) is 2.32. The molecule has 0 radical (unpaired) electrons. The largest absolute Gasteiger partial charge is 0.396 e. The Balaban J connectivity index is 2.43. The molecule has 0 amide bonds. The van der Waals surface area contributed by atoms with Crippen LogP contribution in [-0.4, -0.2) is 14.7 Å². The highest BCUT2D eigenvalue weighted by atomic mass is 32.2. The molecule has 0 saturated heterocycles. The Morgan fingerprint density at radius 1 is 1.00 bits per heavy atom. The summed E-state index contributed by atoms with van der Waals surface area (Å²) in [5, 5.41) is 0. The Morgan fingerprint density at radius 2 is 1.56 bits per heavy atom. The lowest BCUT2D eigenvalue weighted by Crippen LogP contribution is -1.96. The molecule has 0 fully saturated rings. The third-order valence-electron chi connectivity index (χ3n) is 2.62. The SMILES string of the molecule is CS(=O)(=O)c1ccc(-c2ccc(N)c(F)c2)cc1. The van der Waals surface area contributed by atoms with Crippen molar-refractivity contribution in [2.45, 2.75) is 4.90 Å². The monoisotopic (exact) mass is 265 g/mol. The zero-order valence-electron chi connectivity index (χ0n) is 9.72. The van der Waals surface area contributed by atoms with E-state index < -0.39 is 15.7 Å². The number of nitrogen functional groups attached to an aromatic ring is 1. The van der Waals surface area contributed by atoms with Gasteiger partial charge in [0.2, 0.25) is 0 Å². The van der Waals surface area contributed by atoms with Crippen molar-refractivity contribution in [3.63, 3.8) is 0 Å². The van der Waals surface area contributed by atoms with Gasteiger partial charge in [-0.05, 0) is 35.4 Å². The molecule has 0 heterocycles. The molecule has 2 rings (SSSR count). The predicted octanol–water partition coefficient (Wildman–Crippen LogP) is 2.48. The molecule has 0 aliphatic carbocycles. The van der Waals surface area contributed by atoms with E-state index in [9.17, 15) is 12.8 Å². The van der Waals surface area contributed by atoms with Crippen LogP contribution in [0.25, 0.3) is 11.1 Å². The molecule has 0 saturated carbocycles. The van der Waals surface area contributed by atoms with Gasteiger partial charge in [-0.1, -0.05) is 18.2 Å². The maximum absolute atomic E-state index is 13.3. The lowest BCUT2D eigenvalue weighted by atomic mass is 10.1. The first kappa shape index (κ1) is 12.6. The lowest BCUT2D eigenvalue weighted by molar-refractivity contribution is 0.602. The van der Waals surface area contributed by atoms with Crippen LogP contribution in [0.3, 0.4) is 0 Å². The standard InChI is InChI=1S/C13H12FNO2S/c1-18(16,17)11-5-2-9(3-6-11)10-4-7-13(15)12(14)8-10/h2-8H,15H2,1H3. The smallest absolute Gasteiger partial charge is 0.175 e. The van der Waals surface area contributed by atoms with E-state index in [-0.39, 0.29) is 10.6 Å². The lowest BCUT2D eigenvalue weighted by Gasteiger charge is -2.05. The molecule has 94 valence electrons. The van der Waals surface area contributed by atoms with Crippen LogP contribution in [0.5, 0.6) is 0 Å². The highest BCUT2D eigenvalue weighted by molar-refractivity contribution is 7.90. The highest BCUT2D eigenvalue weighted by Gasteiger charge is 2.07. The predicted molar refractivity (Wildman–Crippen MR) is 69.4 cm³/mol. The zero-order chi connectivity index (χ0) is 13.3. The highest BCUT2D eigenvalue weighted by Crippen LogP contribution is 2.24. The van der Waals surface area contributed by atoms with Crippen LogP contribution >= 0.6 is 0 Å². The van der Waals surface area contributed by atoms with Gasteiger partial charge in [0, 0.05) is 6.26 Å². The molecule has 5 heteroatoms. The van der Waals surface area contributed by atoms with Crippen molar-refractivity contribution in [2.24, 2.45) is 0 Å². The second-order valence-electron chi connectivity index (χ2n) is 4.03. The van der Waals surface area contributed by atoms with E-state index in [1.807, 2.05) is 0 Å². The van der Waals surface area contributed by atoms with Crippen molar-refractivity contribution < 1.29 is 12.8 Å². The fraction of sp³-hybridized carbons (Fsp3) is 0.0769. The van der Waals surface area contributed by atoms with Crippen molar-refractivity contribution in [1.82, 2.24) is 0 Å². The number of rotatable bonds is 2. The maximum atomic E-state index is 13.3. The van der Waals surface area contributed by atoms with Crippen LogP contribution in [0.15, 0.2) is 47.4 Å². The van der Waals surface area contributed by atoms with Crippen molar-refractivity contribution in [3.05, 3.63) is 48.3 Å². The molecule has 0 unspecified atom stereocenters. The Morgan fingerprint density at radius 3 is 2.06 bits per heavy atom. The Kier molecular flexibility index (Phi) is 3.09. The molecular weight excluding hydrogens is 253 g/mol. The van der Waals surface area contributed by atoms with Gasteiger partial charge in [0.25, 0.3) is 0 Å². The number of benzene rings is 2. The number of hydrogen-bond donors (Lipinski definition) is 1. The first-order chi connectivity index (χ1) is 8.38. The topological polar surface area (TPSA) is 60.2 Å². The number of halogens is 1. The van der Waals surface area contributed by atoms with Crippen molar-refractivity contribution in [3.8, 4) is 11.1 Å². The summed E-state index contributed by atoms with van der Waals surface area (Å²) in [4.78, 5) is 0.238. The Hall–Kier alpha value is -1.88. The number of anilines is 1. The third-order valence-corrected chi connectivity index (χ3v) is 3.74. The summed E-state index contributed by atoms with van der Waals surface area (Å²) in [6, 6.07) is 10.8. The van der Waals surface area contributed by atoms with Crippen LogP contribution < -0.4 is 5.73 Å². The molecule has 0 aromatic heterocycles. The van der Waals surface area contributed by atoms with Crippen LogP contribution in [-0.2, 0) is 9.84 Å². The molecule has 0 atom stereocenters. The van der Waals surface area contributed by atoms with Gasteiger partial charge in [-0.15, -0.1) is 0 Å². The van der Waals surface area contributed by atoms with Gasteiger partial charge in [-0.25, -0.2) is 12.8 Å². The van der Waals surface area contributed by atoms with Gasteiger partial charge >= 0.3 is 0 Å². The summed E-state index contributed by atoms with van der Waals surface area (Å²) in [5.41, 5.74) is 6.87. The van der Waals surface area contributed by atoms with Crippen LogP contribution in [0.1, 0.15) is 0 Å². The summed E-state index contributed by atoms with van der Waals surface area (Å²) in [5.74, 6) is -0.486. The molecule has 2 aromatic carbocycles. The Labute approximate surface area is 105 Å².